The van der Waals surface area contributed by atoms with Crippen molar-refractivity contribution in [1.29, 1.82) is 0 Å². The Kier molecular flexibility index (Phi) is 11.1. The third-order valence-corrected chi connectivity index (χ3v) is 23.9. The monoisotopic (exact) mass is 1130 g/mol. The highest BCUT2D eigenvalue weighted by atomic mass is 32.1. The molecule has 5 heterocycles. The molecule has 0 spiro atoms. The Bertz CT molecular complexity index is 4600. The van der Waals surface area contributed by atoms with Crippen LogP contribution in [0.25, 0.3) is 51.5 Å². The van der Waals surface area contributed by atoms with E-state index in [4.69, 9.17) is 0 Å². The first-order valence-corrected chi connectivity index (χ1v) is 32.7. The van der Waals surface area contributed by atoms with Gasteiger partial charge in [0, 0.05) is 75.1 Å². The van der Waals surface area contributed by atoms with Gasteiger partial charge in [0.2, 0.25) is 0 Å². The molecular weight excluding hydrogens is 1050 g/mol. The molecule has 1 fully saturated rings. The van der Waals surface area contributed by atoms with Gasteiger partial charge in [-0.15, -0.1) is 22.7 Å². The van der Waals surface area contributed by atoms with Gasteiger partial charge in [-0.1, -0.05) is 198 Å². The van der Waals surface area contributed by atoms with Gasteiger partial charge in [-0.3, -0.25) is 0 Å². The highest BCUT2D eigenvalue weighted by molar-refractivity contribution is 7.26. The van der Waals surface area contributed by atoms with E-state index in [2.05, 4.69) is 268 Å². The molecule has 2 aromatic heterocycles. The summed E-state index contributed by atoms with van der Waals surface area (Å²) < 4.78 is 5.30. The highest BCUT2D eigenvalue weighted by Gasteiger charge is 2.59. The van der Waals surface area contributed by atoms with Crippen LogP contribution in [0, 0.1) is 0 Å². The molecule has 2 aliphatic carbocycles. The van der Waals surface area contributed by atoms with Gasteiger partial charge in [-0.25, -0.2) is 0 Å². The summed E-state index contributed by atoms with van der Waals surface area (Å²) in [6, 6.07) is 67.6. The summed E-state index contributed by atoms with van der Waals surface area (Å²) in [6.07, 6.45) is 7.01. The topological polar surface area (TPSA) is 9.72 Å². The lowest BCUT2D eigenvalue weighted by molar-refractivity contribution is 0.195. The average Bonchev–Trinajstić information content (AvgIpc) is 1.38. The molecule has 418 valence electrons. The van der Waals surface area contributed by atoms with Crippen LogP contribution in [0.4, 0.5) is 45.5 Å². The zero-order chi connectivity index (χ0) is 57.8. The molecule has 9 aromatic carbocycles. The summed E-state index contributed by atoms with van der Waals surface area (Å²) in [4.78, 5) is 8.45. The van der Waals surface area contributed by atoms with E-state index < -0.39 is 0 Å². The average molecular weight is 1130 g/mol. The number of rotatable bonds is 4. The number of thiophene rings is 2. The van der Waals surface area contributed by atoms with Crippen LogP contribution in [-0.2, 0) is 27.1 Å². The molecule has 5 aliphatic rings. The number of fused-ring (bicyclic) bond motifs is 15. The number of nitrogens with zero attached hydrogens (tertiary/aromatic N) is 3. The molecule has 2 unspecified atom stereocenters. The van der Waals surface area contributed by atoms with E-state index in [9.17, 15) is 0 Å². The molecule has 11 aromatic rings. The summed E-state index contributed by atoms with van der Waals surface area (Å²) in [7, 11) is 0. The van der Waals surface area contributed by atoms with Gasteiger partial charge < -0.3 is 14.7 Å². The molecule has 0 N–H and O–H groups in total. The first-order valence-electron chi connectivity index (χ1n) is 31.1. The zero-order valence-corrected chi connectivity index (χ0v) is 52.8. The SMILES string of the molecule is CC(C)(C)c1ccc(N2c3cc(N4c5ccc(C(C)(C)C)cc5C5(C)CCCCC45C)cc4c3B(c3cc5c(cc3N4c3cccc4c3sc3ccccc34)C(C)(C)CCC5(C)C)c3ccc4sc5ccccc5c4c32)c(-c2ccccc2)c1. The predicted octanol–water partition coefficient (Wildman–Crippen LogP) is 20.9. The van der Waals surface area contributed by atoms with Crippen LogP contribution in [0.1, 0.15) is 149 Å². The smallest absolute Gasteiger partial charge is 0.252 e. The van der Waals surface area contributed by atoms with Crippen LogP contribution in [0.15, 0.2) is 170 Å². The van der Waals surface area contributed by atoms with Crippen molar-refractivity contribution < 1.29 is 0 Å². The molecule has 6 heteroatoms. The second-order valence-corrected chi connectivity index (χ2v) is 31.6. The molecule has 0 amide bonds. The second-order valence-electron chi connectivity index (χ2n) is 29.4. The summed E-state index contributed by atoms with van der Waals surface area (Å²) >= 11 is 3.89. The molecule has 1 saturated carbocycles. The maximum atomic E-state index is 2.88. The van der Waals surface area contributed by atoms with E-state index in [1.165, 1.54) is 154 Å². The van der Waals surface area contributed by atoms with E-state index in [1.54, 1.807) is 0 Å². The van der Waals surface area contributed by atoms with Crippen LogP contribution in [0.3, 0.4) is 0 Å². The van der Waals surface area contributed by atoms with Gasteiger partial charge in [-0.2, -0.15) is 0 Å². The molecule has 0 radical (unpaired) electrons. The Morgan fingerprint density at radius 1 is 0.440 bits per heavy atom. The van der Waals surface area contributed by atoms with Crippen LogP contribution in [0.5, 0.6) is 0 Å². The maximum absolute atomic E-state index is 2.88. The minimum atomic E-state index is -0.195. The minimum Gasteiger partial charge on any atom is -0.334 e. The van der Waals surface area contributed by atoms with E-state index in [-0.39, 0.29) is 39.3 Å². The number of benzene rings is 9. The van der Waals surface area contributed by atoms with Crippen molar-refractivity contribution in [2.75, 3.05) is 14.7 Å². The van der Waals surface area contributed by atoms with Crippen LogP contribution >= 0.6 is 22.7 Å². The molecule has 3 nitrogen and oxygen atoms in total. The third kappa shape index (κ3) is 7.29. The van der Waals surface area contributed by atoms with Gasteiger partial charge in [0.25, 0.3) is 6.71 Å². The Morgan fingerprint density at radius 3 is 1.79 bits per heavy atom. The van der Waals surface area contributed by atoms with E-state index >= 15 is 0 Å². The number of hydrogen-bond acceptors (Lipinski definition) is 5. The Labute approximate surface area is 506 Å². The van der Waals surface area contributed by atoms with Crippen LogP contribution < -0.4 is 31.1 Å². The van der Waals surface area contributed by atoms with Gasteiger partial charge >= 0.3 is 0 Å². The van der Waals surface area contributed by atoms with Crippen molar-refractivity contribution in [3.8, 4) is 11.1 Å². The van der Waals surface area contributed by atoms with Gasteiger partial charge in [-0.05, 0) is 165 Å². The Morgan fingerprint density at radius 2 is 1.06 bits per heavy atom. The molecule has 84 heavy (non-hydrogen) atoms. The fourth-order valence-electron chi connectivity index (χ4n) is 16.5. The second kappa shape index (κ2) is 17.7. The van der Waals surface area contributed by atoms with Gasteiger partial charge in [0.1, 0.15) is 0 Å². The van der Waals surface area contributed by atoms with Crippen molar-refractivity contribution in [1.82, 2.24) is 0 Å². The molecule has 0 saturated heterocycles. The Balaban J connectivity index is 1.11. The molecular formula is C78H76BN3S2. The molecule has 3 aliphatic heterocycles. The quantitative estimate of drug-likeness (QED) is 0.163. The fraction of sp³-hybridized carbons (Fsp3) is 0.308. The summed E-state index contributed by atoms with van der Waals surface area (Å²) in [5.41, 5.74) is 23.8. The lowest BCUT2D eigenvalue weighted by atomic mass is 9.33. The van der Waals surface area contributed by atoms with Crippen LogP contribution in [-0.4, -0.2) is 12.3 Å². The van der Waals surface area contributed by atoms with Crippen molar-refractivity contribution in [3.63, 3.8) is 0 Å². The summed E-state index contributed by atoms with van der Waals surface area (Å²) in [6.45, 7) is 29.5. The van der Waals surface area contributed by atoms with Crippen molar-refractivity contribution in [3.05, 3.63) is 198 Å². The van der Waals surface area contributed by atoms with Gasteiger partial charge in [0.05, 0.1) is 27.3 Å². The standard InChI is InChI=1S/C78H76BN3S2/c1-73(2,3)48-31-34-60(54(41-48)47-23-14-13-15-24-47)81-65-44-50(82-61-35-32-49(74(4,5)6)42-57(61)77(11)37-20-21-38-78(77,82)12)43-64-70(65)79(58-33-36-68-69(71(58)81)53-26-17-19-30-67(53)83-68)59-45-55-56(76(9,10)40-39-75(55,7)8)46-63(59)80(64)62-28-22-27-52-51-25-16-18-29-66(51)84-72(52)62/h13-19,22-36,41-46H,20-21,37-40H2,1-12H3. The lowest BCUT2D eigenvalue weighted by Crippen LogP contribution is -2.62. The highest BCUT2D eigenvalue weighted by Crippen LogP contribution is 2.63. The molecule has 2 atom stereocenters. The third-order valence-electron chi connectivity index (χ3n) is 21.6. The fourth-order valence-corrected chi connectivity index (χ4v) is 18.8. The molecule has 16 rings (SSSR count). The summed E-state index contributed by atoms with van der Waals surface area (Å²) in [5, 5.41) is 5.31. The number of hydrogen-bond donors (Lipinski definition) is 0. The molecule has 0 bridgehead atoms. The van der Waals surface area contributed by atoms with Gasteiger partial charge in [0.15, 0.2) is 0 Å². The van der Waals surface area contributed by atoms with Crippen molar-refractivity contribution in [2.45, 2.75) is 154 Å². The predicted molar refractivity (Wildman–Crippen MR) is 367 cm³/mol. The number of anilines is 8. The lowest BCUT2D eigenvalue weighted by Gasteiger charge is -2.51. The Hall–Kier alpha value is -7.12. The van der Waals surface area contributed by atoms with E-state index in [1.807, 2.05) is 22.7 Å². The minimum absolute atomic E-state index is 0.00229. The first kappa shape index (κ1) is 52.4. The largest absolute Gasteiger partial charge is 0.334 e. The zero-order valence-electron chi connectivity index (χ0n) is 51.1. The van der Waals surface area contributed by atoms with Crippen molar-refractivity contribution in [2.24, 2.45) is 0 Å². The first-order chi connectivity index (χ1) is 40.1. The van der Waals surface area contributed by atoms with E-state index in [0.717, 1.165) is 25.7 Å². The maximum Gasteiger partial charge on any atom is 0.252 e. The van der Waals surface area contributed by atoms with E-state index in [0.29, 0.717) is 0 Å². The normalized spacial score (nSPS) is 20.3. The summed E-state index contributed by atoms with van der Waals surface area (Å²) in [5.74, 6) is 0. The van der Waals surface area contributed by atoms with Crippen molar-refractivity contribution >= 4 is 132 Å². The van der Waals surface area contributed by atoms with Crippen LogP contribution in [0.2, 0.25) is 0 Å².